The minimum Gasteiger partial charge on any atom is -0.314 e. The molecule has 0 amide bonds. The van der Waals surface area contributed by atoms with E-state index in [-0.39, 0.29) is 0 Å². The summed E-state index contributed by atoms with van der Waals surface area (Å²) in [5.41, 5.74) is 0. The van der Waals surface area contributed by atoms with E-state index in [0.717, 1.165) is 0 Å². The topological polar surface area (TPSA) is 6.48 Å². The van der Waals surface area contributed by atoms with Gasteiger partial charge in [0, 0.05) is 0 Å². The lowest BCUT2D eigenvalue weighted by molar-refractivity contribution is 0.490. The maximum Gasteiger partial charge on any atom is 0.238 e. The van der Waals surface area contributed by atoms with Gasteiger partial charge in [-0.2, -0.15) is 0 Å². The first kappa shape index (κ1) is 13.4. The predicted octanol–water partition coefficient (Wildman–Crippen LogP) is 1.87. The van der Waals surface area contributed by atoms with Crippen molar-refractivity contribution in [2.75, 3.05) is 28.2 Å². The fourth-order valence-corrected chi connectivity index (χ4v) is 7.00. The van der Waals surface area contributed by atoms with Gasteiger partial charge in [-0.3, -0.25) is 0 Å². The first-order valence-corrected chi connectivity index (χ1v) is 8.06. The fraction of sp³-hybridized carbons (Fsp3) is 0.538. The van der Waals surface area contributed by atoms with Crippen LogP contribution in [0.4, 0.5) is 0 Å². The van der Waals surface area contributed by atoms with Gasteiger partial charge in [0.05, 0.1) is 0 Å². The highest BCUT2D eigenvalue weighted by Crippen LogP contribution is 2.17. The zero-order valence-electron chi connectivity index (χ0n) is 11.2. The Morgan fingerprint density at radius 3 is 1.81 bits per heavy atom. The van der Waals surface area contributed by atoms with Crippen molar-refractivity contribution in [3.8, 4) is 0 Å². The quantitative estimate of drug-likeness (QED) is 0.720. The van der Waals surface area contributed by atoms with Gasteiger partial charge in [-0.25, -0.2) is 0 Å². The number of nitrogens with zero attached hydrogens (tertiary/aromatic N) is 2. The zero-order chi connectivity index (χ0) is 12.2. The molecule has 0 saturated heterocycles. The summed E-state index contributed by atoms with van der Waals surface area (Å²) in [6.45, 7) is 2.28. The van der Waals surface area contributed by atoms with Crippen molar-refractivity contribution in [2.24, 2.45) is 0 Å². The molecule has 0 heterocycles. The van der Waals surface area contributed by atoms with Gasteiger partial charge in [-0.15, -0.1) is 0 Å². The van der Waals surface area contributed by atoms with E-state index in [9.17, 15) is 0 Å². The summed E-state index contributed by atoms with van der Waals surface area (Å²) in [5, 5.41) is 1.51. The number of benzene rings is 1. The van der Waals surface area contributed by atoms with Crippen LogP contribution in [0.3, 0.4) is 0 Å². The summed E-state index contributed by atoms with van der Waals surface area (Å²) in [4.78, 5) is 0. The molecule has 3 heteroatoms. The van der Waals surface area contributed by atoms with Gasteiger partial charge >= 0.3 is 0 Å². The monoisotopic (exact) mass is 236 g/mol. The second kappa shape index (κ2) is 5.62. The molecular weight excluding hydrogens is 212 g/mol. The molecule has 0 radical (unpaired) electrons. The van der Waals surface area contributed by atoms with E-state index >= 15 is 0 Å². The Balaban J connectivity index is 3.21. The Labute approximate surface area is 101 Å². The summed E-state index contributed by atoms with van der Waals surface area (Å²) >= 11 is 0. The van der Waals surface area contributed by atoms with Crippen LogP contribution in [0.1, 0.15) is 13.3 Å². The molecule has 0 aromatic heterocycles. The van der Waals surface area contributed by atoms with Gasteiger partial charge in [0.25, 0.3) is 0 Å². The van der Waals surface area contributed by atoms with Crippen LogP contribution < -0.4 is 5.19 Å². The Morgan fingerprint density at radius 1 is 0.938 bits per heavy atom. The van der Waals surface area contributed by atoms with Crippen molar-refractivity contribution in [1.29, 1.82) is 0 Å². The molecule has 16 heavy (non-hydrogen) atoms. The second-order valence-electron chi connectivity index (χ2n) is 4.72. The third-order valence-corrected chi connectivity index (χ3v) is 8.73. The molecule has 0 N–H and O–H groups in total. The fourth-order valence-electron chi connectivity index (χ4n) is 2.56. The van der Waals surface area contributed by atoms with Gasteiger partial charge in [0.2, 0.25) is 8.40 Å². The van der Waals surface area contributed by atoms with Crippen LogP contribution in [0.5, 0.6) is 0 Å². The maximum atomic E-state index is 2.45. The lowest BCUT2D eigenvalue weighted by atomic mass is 10.4. The molecule has 0 aliphatic rings. The third kappa shape index (κ3) is 2.37. The van der Waals surface area contributed by atoms with Gasteiger partial charge in [0.1, 0.15) is 0 Å². The lowest BCUT2D eigenvalue weighted by Crippen LogP contribution is -2.68. The standard InChI is InChI=1S/C13H24N2Si/c1-6-12-16(14(2)3,15(4)5)13-10-8-7-9-11-13/h7-11H,6,12H2,1-5H3. The van der Waals surface area contributed by atoms with Crippen LogP contribution in [0, 0.1) is 0 Å². The van der Waals surface area contributed by atoms with E-state index in [1.54, 1.807) is 0 Å². The summed E-state index contributed by atoms with van der Waals surface area (Å²) in [6.07, 6.45) is 1.23. The maximum absolute atomic E-state index is 2.45. The zero-order valence-corrected chi connectivity index (χ0v) is 12.2. The molecule has 0 bridgehead atoms. The number of hydrogen-bond acceptors (Lipinski definition) is 2. The summed E-state index contributed by atoms with van der Waals surface area (Å²) in [6, 6.07) is 12.2. The molecule has 0 fully saturated rings. The molecule has 1 aromatic rings. The molecule has 0 aliphatic heterocycles. The average molecular weight is 236 g/mol. The van der Waals surface area contributed by atoms with Crippen molar-refractivity contribution >= 4 is 13.6 Å². The second-order valence-corrected chi connectivity index (χ2v) is 9.22. The largest absolute Gasteiger partial charge is 0.314 e. The number of hydrogen-bond donors (Lipinski definition) is 0. The van der Waals surface area contributed by atoms with Crippen LogP contribution >= 0.6 is 0 Å². The average Bonchev–Trinajstić information content (AvgIpc) is 2.26. The minimum absolute atomic E-state index is 1.23. The molecule has 1 rings (SSSR count). The number of rotatable bonds is 5. The first-order chi connectivity index (χ1) is 7.55. The van der Waals surface area contributed by atoms with Crippen LogP contribution in [0.2, 0.25) is 6.04 Å². The summed E-state index contributed by atoms with van der Waals surface area (Å²) < 4.78 is 4.90. The van der Waals surface area contributed by atoms with Crippen LogP contribution in [0.25, 0.3) is 0 Å². The molecule has 0 aliphatic carbocycles. The van der Waals surface area contributed by atoms with E-state index in [0.29, 0.717) is 0 Å². The highest BCUT2D eigenvalue weighted by molar-refractivity contribution is 6.87. The lowest BCUT2D eigenvalue weighted by Gasteiger charge is -2.43. The van der Waals surface area contributed by atoms with Crippen LogP contribution in [-0.4, -0.2) is 45.7 Å². The van der Waals surface area contributed by atoms with E-state index in [2.05, 4.69) is 74.6 Å². The van der Waals surface area contributed by atoms with E-state index in [1.807, 2.05) is 0 Å². The molecule has 1 aromatic carbocycles. The summed E-state index contributed by atoms with van der Waals surface area (Å²) in [7, 11) is 7.21. The Kier molecular flexibility index (Phi) is 4.71. The highest BCUT2D eigenvalue weighted by Gasteiger charge is 2.39. The Morgan fingerprint density at radius 2 is 1.44 bits per heavy atom. The van der Waals surface area contributed by atoms with Crippen LogP contribution in [0.15, 0.2) is 30.3 Å². The van der Waals surface area contributed by atoms with Crippen molar-refractivity contribution < 1.29 is 0 Å². The van der Waals surface area contributed by atoms with Crippen molar-refractivity contribution in [2.45, 2.75) is 19.4 Å². The SMILES string of the molecule is CCC[Si](c1ccccc1)(N(C)C)N(C)C. The van der Waals surface area contributed by atoms with Crippen LogP contribution in [-0.2, 0) is 0 Å². The Hall–Kier alpha value is -0.643. The molecule has 0 unspecified atom stereocenters. The highest BCUT2D eigenvalue weighted by atomic mass is 28.3. The minimum atomic E-state index is -1.66. The molecular formula is C13H24N2Si. The van der Waals surface area contributed by atoms with Gasteiger partial charge < -0.3 is 9.13 Å². The first-order valence-electron chi connectivity index (χ1n) is 5.96. The van der Waals surface area contributed by atoms with Crippen molar-refractivity contribution in [3.63, 3.8) is 0 Å². The van der Waals surface area contributed by atoms with E-state index in [1.165, 1.54) is 17.7 Å². The van der Waals surface area contributed by atoms with Gasteiger partial charge in [0.15, 0.2) is 0 Å². The molecule has 0 saturated carbocycles. The van der Waals surface area contributed by atoms with E-state index in [4.69, 9.17) is 0 Å². The molecule has 0 spiro atoms. The van der Waals surface area contributed by atoms with Gasteiger partial charge in [-0.1, -0.05) is 43.7 Å². The molecule has 90 valence electrons. The molecule has 2 nitrogen and oxygen atoms in total. The Bertz CT molecular complexity index is 301. The van der Waals surface area contributed by atoms with Crippen molar-refractivity contribution in [1.82, 2.24) is 9.13 Å². The summed E-state index contributed by atoms with van der Waals surface area (Å²) in [5.74, 6) is 0. The normalized spacial score (nSPS) is 12.4. The predicted molar refractivity (Wildman–Crippen MR) is 74.3 cm³/mol. The van der Waals surface area contributed by atoms with E-state index < -0.39 is 8.40 Å². The third-order valence-electron chi connectivity index (χ3n) is 3.31. The molecule has 0 atom stereocenters. The van der Waals surface area contributed by atoms with Gasteiger partial charge in [-0.05, 0) is 39.4 Å². The smallest absolute Gasteiger partial charge is 0.238 e. The van der Waals surface area contributed by atoms with Crippen molar-refractivity contribution in [3.05, 3.63) is 30.3 Å².